The Morgan fingerprint density at radius 1 is 1.35 bits per heavy atom. The van der Waals surface area contributed by atoms with E-state index in [9.17, 15) is 9.59 Å². The Kier molecular flexibility index (Phi) is 5.57. The highest BCUT2D eigenvalue weighted by Gasteiger charge is 2.19. The van der Waals surface area contributed by atoms with Gasteiger partial charge < -0.3 is 14.2 Å². The van der Waals surface area contributed by atoms with Crippen molar-refractivity contribution in [3.63, 3.8) is 0 Å². The Morgan fingerprint density at radius 2 is 2.09 bits per heavy atom. The minimum atomic E-state index is -0.402. The zero-order valence-corrected chi connectivity index (χ0v) is 13.6. The molecular weight excluding hydrogens is 292 g/mol. The van der Waals surface area contributed by atoms with Crippen molar-refractivity contribution in [2.45, 2.75) is 13.3 Å². The van der Waals surface area contributed by atoms with Crippen LogP contribution in [0.15, 0.2) is 43.1 Å². The van der Waals surface area contributed by atoms with Gasteiger partial charge in [0.1, 0.15) is 6.54 Å². The number of benzene rings is 1. The van der Waals surface area contributed by atoms with Gasteiger partial charge in [0.2, 0.25) is 5.91 Å². The van der Waals surface area contributed by atoms with E-state index >= 15 is 0 Å². The van der Waals surface area contributed by atoms with Crippen LogP contribution in [0.5, 0.6) is 0 Å². The molecule has 0 aliphatic heterocycles. The minimum Gasteiger partial charge on any atom is -0.465 e. The first-order valence-corrected chi connectivity index (χ1v) is 7.64. The van der Waals surface area contributed by atoms with Gasteiger partial charge in [0.15, 0.2) is 0 Å². The van der Waals surface area contributed by atoms with Gasteiger partial charge >= 0.3 is 5.97 Å². The Balaban J connectivity index is 2.16. The van der Waals surface area contributed by atoms with E-state index in [1.54, 1.807) is 13.0 Å². The number of aryl methyl sites for hydroxylation is 1. The van der Waals surface area contributed by atoms with Crippen LogP contribution in [0.2, 0.25) is 0 Å². The Bertz CT molecular complexity index is 718. The summed E-state index contributed by atoms with van der Waals surface area (Å²) in [4.78, 5) is 25.7. The SMILES string of the molecule is C=CCN(CC(=O)OCC)C(=O)Cc1cn(C)c2ccccc12. The predicted octanol–water partition coefficient (Wildman–Crippen LogP) is 2.30. The van der Waals surface area contributed by atoms with Crippen LogP contribution in [-0.4, -0.2) is 41.0 Å². The maximum Gasteiger partial charge on any atom is 0.325 e. The smallest absolute Gasteiger partial charge is 0.325 e. The van der Waals surface area contributed by atoms with Crippen molar-refractivity contribution in [3.05, 3.63) is 48.7 Å². The standard InChI is InChI=1S/C18H22N2O3/c1-4-10-20(13-18(22)23-5-2)17(21)11-14-12-19(3)16-9-7-6-8-15(14)16/h4,6-9,12H,1,5,10-11,13H2,2-3H3. The molecular formula is C18H22N2O3. The molecule has 5 nitrogen and oxygen atoms in total. The molecule has 1 amide bonds. The van der Waals surface area contributed by atoms with Crippen LogP contribution in [0.3, 0.4) is 0 Å². The van der Waals surface area contributed by atoms with Crippen LogP contribution in [0, 0.1) is 0 Å². The number of aromatic nitrogens is 1. The monoisotopic (exact) mass is 314 g/mol. The normalized spacial score (nSPS) is 10.5. The summed E-state index contributed by atoms with van der Waals surface area (Å²) in [5.41, 5.74) is 2.03. The number of ether oxygens (including phenoxy) is 1. The van der Waals surface area contributed by atoms with Gasteiger partial charge in [0.05, 0.1) is 13.0 Å². The summed E-state index contributed by atoms with van der Waals surface area (Å²) in [6, 6.07) is 7.94. The molecule has 23 heavy (non-hydrogen) atoms. The number of carbonyl (C=O) groups excluding carboxylic acids is 2. The molecule has 2 aromatic rings. The van der Waals surface area contributed by atoms with Gasteiger partial charge in [-0.25, -0.2) is 0 Å². The Hall–Kier alpha value is -2.56. The van der Waals surface area contributed by atoms with E-state index in [-0.39, 0.29) is 18.9 Å². The molecule has 0 atom stereocenters. The molecule has 0 saturated carbocycles. The van der Waals surface area contributed by atoms with Crippen molar-refractivity contribution in [2.24, 2.45) is 7.05 Å². The summed E-state index contributed by atoms with van der Waals surface area (Å²) in [5.74, 6) is -0.519. The van der Waals surface area contributed by atoms with Gasteiger partial charge in [-0.3, -0.25) is 9.59 Å². The van der Waals surface area contributed by atoms with E-state index in [1.807, 2.05) is 42.1 Å². The molecule has 0 unspecified atom stereocenters. The van der Waals surface area contributed by atoms with Gasteiger partial charge in [-0.1, -0.05) is 24.3 Å². The molecule has 122 valence electrons. The van der Waals surface area contributed by atoms with Crippen LogP contribution in [0.25, 0.3) is 10.9 Å². The number of rotatable bonds is 7. The lowest BCUT2D eigenvalue weighted by atomic mass is 10.1. The summed E-state index contributed by atoms with van der Waals surface area (Å²) in [6.45, 7) is 5.96. The summed E-state index contributed by atoms with van der Waals surface area (Å²) < 4.78 is 6.92. The molecule has 0 saturated heterocycles. The maximum absolute atomic E-state index is 12.6. The number of amides is 1. The third-order valence-corrected chi connectivity index (χ3v) is 3.65. The lowest BCUT2D eigenvalue weighted by molar-refractivity contribution is -0.148. The second-order valence-corrected chi connectivity index (χ2v) is 5.33. The second-order valence-electron chi connectivity index (χ2n) is 5.33. The Labute approximate surface area is 136 Å². The molecule has 1 heterocycles. The van der Waals surface area contributed by atoms with E-state index in [4.69, 9.17) is 4.74 Å². The number of hydrogen-bond donors (Lipinski definition) is 0. The molecule has 2 rings (SSSR count). The summed E-state index contributed by atoms with van der Waals surface area (Å²) in [5, 5.41) is 1.05. The quantitative estimate of drug-likeness (QED) is 0.582. The lowest BCUT2D eigenvalue weighted by Gasteiger charge is -2.19. The van der Waals surface area contributed by atoms with Crippen LogP contribution in [0.4, 0.5) is 0 Å². The molecule has 1 aromatic carbocycles. The van der Waals surface area contributed by atoms with Crippen molar-refractivity contribution in [3.8, 4) is 0 Å². The maximum atomic E-state index is 12.6. The average molecular weight is 314 g/mol. The predicted molar refractivity (Wildman–Crippen MR) is 90.0 cm³/mol. The van der Waals surface area contributed by atoms with Crippen molar-refractivity contribution in [1.29, 1.82) is 0 Å². The minimum absolute atomic E-state index is 0.0521. The molecule has 0 spiro atoms. The lowest BCUT2D eigenvalue weighted by Crippen LogP contribution is -2.37. The molecule has 1 aromatic heterocycles. The first kappa shape index (κ1) is 16.8. The third kappa shape index (κ3) is 4.00. The van der Waals surface area contributed by atoms with Gasteiger partial charge in [-0.15, -0.1) is 6.58 Å². The molecule has 0 N–H and O–H groups in total. The van der Waals surface area contributed by atoms with Crippen molar-refractivity contribution < 1.29 is 14.3 Å². The first-order valence-electron chi connectivity index (χ1n) is 7.64. The summed E-state index contributed by atoms with van der Waals surface area (Å²) in [6.07, 6.45) is 3.81. The van der Waals surface area contributed by atoms with Crippen molar-refractivity contribution in [1.82, 2.24) is 9.47 Å². The summed E-state index contributed by atoms with van der Waals surface area (Å²) in [7, 11) is 1.95. The molecule has 5 heteroatoms. The second kappa shape index (κ2) is 7.63. The third-order valence-electron chi connectivity index (χ3n) is 3.65. The molecule has 0 aliphatic rings. The van der Waals surface area contributed by atoms with E-state index in [0.717, 1.165) is 16.5 Å². The number of hydrogen-bond acceptors (Lipinski definition) is 3. The van der Waals surface area contributed by atoms with Crippen molar-refractivity contribution in [2.75, 3.05) is 19.7 Å². The molecule has 0 aliphatic carbocycles. The largest absolute Gasteiger partial charge is 0.465 e. The fraction of sp³-hybridized carbons (Fsp3) is 0.333. The number of esters is 1. The van der Waals surface area contributed by atoms with E-state index in [2.05, 4.69) is 6.58 Å². The highest BCUT2D eigenvalue weighted by Crippen LogP contribution is 2.21. The first-order chi connectivity index (χ1) is 11.1. The molecule has 0 bridgehead atoms. The Morgan fingerprint density at radius 3 is 2.78 bits per heavy atom. The van der Waals surface area contributed by atoms with Crippen LogP contribution < -0.4 is 0 Å². The van der Waals surface area contributed by atoms with Gasteiger partial charge in [0, 0.05) is 30.7 Å². The number of fused-ring (bicyclic) bond motifs is 1. The van der Waals surface area contributed by atoms with Gasteiger partial charge in [-0.2, -0.15) is 0 Å². The van der Waals surface area contributed by atoms with Crippen molar-refractivity contribution >= 4 is 22.8 Å². The number of para-hydroxylation sites is 1. The zero-order chi connectivity index (χ0) is 16.8. The fourth-order valence-electron chi connectivity index (χ4n) is 2.61. The van der Waals surface area contributed by atoms with E-state index < -0.39 is 5.97 Å². The summed E-state index contributed by atoms with van der Waals surface area (Å²) >= 11 is 0. The molecule has 0 fully saturated rings. The highest BCUT2D eigenvalue weighted by atomic mass is 16.5. The highest BCUT2D eigenvalue weighted by molar-refractivity contribution is 5.90. The molecule has 0 radical (unpaired) electrons. The van der Waals surface area contributed by atoms with Crippen LogP contribution >= 0.6 is 0 Å². The van der Waals surface area contributed by atoms with Crippen LogP contribution in [-0.2, 0) is 27.8 Å². The topological polar surface area (TPSA) is 51.5 Å². The van der Waals surface area contributed by atoms with E-state index in [0.29, 0.717) is 13.2 Å². The number of nitrogens with zero attached hydrogens (tertiary/aromatic N) is 2. The zero-order valence-electron chi connectivity index (χ0n) is 13.6. The van der Waals surface area contributed by atoms with Gasteiger partial charge in [-0.05, 0) is 18.6 Å². The van der Waals surface area contributed by atoms with Crippen LogP contribution in [0.1, 0.15) is 12.5 Å². The number of carbonyl (C=O) groups is 2. The fourth-order valence-corrected chi connectivity index (χ4v) is 2.61. The average Bonchev–Trinajstić information content (AvgIpc) is 2.84. The van der Waals surface area contributed by atoms with Gasteiger partial charge in [0.25, 0.3) is 0 Å². The van der Waals surface area contributed by atoms with E-state index in [1.165, 1.54) is 4.90 Å².